The molecule has 0 aromatic heterocycles. The minimum absolute atomic E-state index is 0. The number of hydrogen-bond acceptors (Lipinski definition) is 0. The second kappa shape index (κ2) is 12.5. The molecule has 74 valence electrons. The minimum Gasteiger partial charge on any atom is -1.00 e. The Hall–Kier alpha value is 0.415. The van der Waals surface area contributed by atoms with Gasteiger partial charge in [0, 0.05) is 0 Å². The largest absolute Gasteiger partial charge is 1.00 e. The summed E-state index contributed by atoms with van der Waals surface area (Å²) in [4.78, 5) is 0. The first-order valence-corrected chi connectivity index (χ1v) is 5.32. The molecule has 0 amide bonds. The molecule has 1 aliphatic rings. The Labute approximate surface area is 120 Å². The number of rotatable bonds is 0. The van der Waals surface area contributed by atoms with Gasteiger partial charge >= 0.3 is 37.7 Å². The average molecular weight is 190 g/mol. The number of aryl methyl sites for hydroxylation is 1. The van der Waals surface area contributed by atoms with E-state index in [1.165, 1.54) is 44.1 Å². The Morgan fingerprint density at radius 1 is 0.867 bits per heavy atom. The molecule has 0 aliphatic heterocycles. The normalized spacial score (nSPS) is 13.7. The molecule has 0 heterocycles. The van der Waals surface area contributed by atoms with Crippen LogP contribution >= 0.6 is 0 Å². The Morgan fingerprint density at radius 3 is 1.40 bits per heavy atom. The first-order valence-electron chi connectivity index (χ1n) is 5.32. The van der Waals surface area contributed by atoms with Crippen molar-refractivity contribution < 1.29 is 39.1 Å². The zero-order valence-corrected chi connectivity index (χ0v) is 10.6. The van der Waals surface area contributed by atoms with Crippen LogP contribution in [-0.4, -0.2) is 0 Å². The van der Waals surface area contributed by atoms with E-state index in [-0.39, 0.29) is 39.1 Å². The quantitative estimate of drug-likeness (QED) is 0.336. The maximum atomic E-state index is 2.93. The molecule has 1 saturated carbocycles. The van der Waals surface area contributed by atoms with E-state index in [0.29, 0.717) is 0 Å². The summed E-state index contributed by atoms with van der Waals surface area (Å²) < 4.78 is 0. The van der Waals surface area contributed by atoms with Crippen LogP contribution in [-0.2, 0) is 0 Å². The molecule has 1 aromatic carbocycles. The summed E-state index contributed by atoms with van der Waals surface area (Å²) in [5.41, 5.74) is 1.29. The molecule has 2 heteroatoms. The van der Waals surface area contributed by atoms with E-state index in [4.69, 9.17) is 0 Å². The standard InChI is InChI=1S/C7H7.C6H12.2Li.H/c1-7-5-3-2-4-6-7;1-2-4-6-5-3-1;;;/h3-6H,1H3;1-6H2;;;/q-1;;2*+1;-1. The van der Waals surface area contributed by atoms with Crippen LogP contribution < -0.4 is 37.7 Å². The summed E-state index contributed by atoms with van der Waals surface area (Å²) in [6.45, 7) is 2.06. The van der Waals surface area contributed by atoms with Crippen molar-refractivity contribution in [2.24, 2.45) is 0 Å². The Morgan fingerprint density at radius 2 is 1.20 bits per heavy atom. The average Bonchev–Trinajstić information content (AvgIpc) is 2.22. The molecule has 0 N–H and O–H groups in total. The molecule has 2 rings (SSSR count). The second-order valence-electron chi connectivity index (χ2n) is 3.70. The summed E-state index contributed by atoms with van der Waals surface area (Å²) >= 11 is 0. The summed E-state index contributed by atoms with van der Waals surface area (Å²) in [6, 6.07) is 10.8. The minimum atomic E-state index is 0. The van der Waals surface area contributed by atoms with Crippen LogP contribution in [0.4, 0.5) is 0 Å². The Kier molecular flexibility index (Phi) is 14.8. The van der Waals surface area contributed by atoms with E-state index in [9.17, 15) is 0 Å². The van der Waals surface area contributed by atoms with Gasteiger partial charge in [-0.3, -0.25) is 0 Å². The van der Waals surface area contributed by atoms with Crippen molar-refractivity contribution >= 4 is 0 Å². The van der Waals surface area contributed by atoms with Gasteiger partial charge in [0.15, 0.2) is 0 Å². The van der Waals surface area contributed by atoms with Gasteiger partial charge in [0.25, 0.3) is 0 Å². The molecule has 1 fully saturated rings. The molecule has 1 aromatic rings. The smallest absolute Gasteiger partial charge is 1.00 e. The summed E-state index contributed by atoms with van der Waals surface area (Å²) in [5, 5.41) is 0. The first-order chi connectivity index (χ1) is 6.39. The zero-order chi connectivity index (χ0) is 9.36. The van der Waals surface area contributed by atoms with Crippen LogP contribution in [0.2, 0.25) is 0 Å². The van der Waals surface area contributed by atoms with Gasteiger partial charge in [-0.15, -0.1) is 0 Å². The molecular formula is C13H20Li2. The SMILES string of the molecule is C1CCCCC1.Cc1cc[c-]cc1.[H-].[Li+].[Li+]. The third-order valence-electron chi connectivity index (χ3n) is 2.38. The maximum absolute atomic E-state index is 2.93. The van der Waals surface area contributed by atoms with Gasteiger partial charge in [0.1, 0.15) is 0 Å². The maximum Gasteiger partial charge on any atom is 1.00 e. The van der Waals surface area contributed by atoms with Gasteiger partial charge in [-0.25, -0.2) is 0 Å². The number of benzene rings is 1. The summed E-state index contributed by atoms with van der Waals surface area (Å²) in [6.07, 6.45) is 9.00. The van der Waals surface area contributed by atoms with Crippen molar-refractivity contribution in [1.29, 1.82) is 0 Å². The third kappa shape index (κ3) is 10.7. The van der Waals surface area contributed by atoms with Crippen LogP contribution in [0.25, 0.3) is 0 Å². The third-order valence-corrected chi connectivity index (χ3v) is 2.38. The monoisotopic (exact) mass is 190 g/mol. The first kappa shape index (κ1) is 17.8. The molecule has 15 heavy (non-hydrogen) atoms. The van der Waals surface area contributed by atoms with Gasteiger partial charge in [0.05, 0.1) is 0 Å². The van der Waals surface area contributed by atoms with Crippen molar-refractivity contribution in [3.05, 3.63) is 35.9 Å². The van der Waals surface area contributed by atoms with Crippen LogP contribution in [0, 0.1) is 13.0 Å². The molecule has 0 radical (unpaired) electrons. The van der Waals surface area contributed by atoms with Gasteiger partial charge in [-0.05, 0) is 0 Å². The second-order valence-corrected chi connectivity index (χ2v) is 3.70. The molecule has 0 bridgehead atoms. The van der Waals surface area contributed by atoms with Crippen LogP contribution in [0.1, 0.15) is 45.5 Å². The fourth-order valence-electron chi connectivity index (χ4n) is 1.53. The topological polar surface area (TPSA) is 0 Å². The van der Waals surface area contributed by atoms with Crippen LogP contribution in [0.3, 0.4) is 0 Å². The van der Waals surface area contributed by atoms with Crippen LogP contribution in [0.5, 0.6) is 0 Å². The zero-order valence-electron chi connectivity index (χ0n) is 11.6. The van der Waals surface area contributed by atoms with E-state index >= 15 is 0 Å². The van der Waals surface area contributed by atoms with E-state index in [1.54, 1.807) is 0 Å². The molecule has 0 spiro atoms. The van der Waals surface area contributed by atoms with Crippen molar-refractivity contribution in [1.82, 2.24) is 0 Å². The van der Waals surface area contributed by atoms with Gasteiger partial charge in [-0.2, -0.15) is 35.9 Å². The molecule has 1 aliphatic carbocycles. The van der Waals surface area contributed by atoms with Crippen molar-refractivity contribution in [3.63, 3.8) is 0 Å². The molecule has 0 saturated heterocycles. The summed E-state index contributed by atoms with van der Waals surface area (Å²) in [5.74, 6) is 0. The van der Waals surface area contributed by atoms with Crippen LogP contribution in [0.15, 0.2) is 24.3 Å². The Balaban J connectivity index is -0.000000179. The van der Waals surface area contributed by atoms with Crippen molar-refractivity contribution in [2.75, 3.05) is 0 Å². The van der Waals surface area contributed by atoms with Crippen molar-refractivity contribution in [3.8, 4) is 0 Å². The predicted octanol–water partition coefficient (Wildman–Crippen LogP) is -1.74. The van der Waals surface area contributed by atoms with Gasteiger partial charge < -0.3 is 1.43 Å². The molecule has 0 atom stereocenters. The van der Waals surface area contributed by atoms with E-state index in [1.807, 2.05) is 24.3 Å². The Bertz CT molecular complexity index is 199. The molecule has 0 nitrogen and oxygen atoms in total. The van der Waals surface area contributed by atoms with Gasteiger partial charge in [-0.1, -0.05) is 45.4 Å². The molecular weight excluding hydrogens is 170 g/mol. The van der Waals surface area contributed by atoms with E-state index in [2.05, 4.69) is 13.0 Å². The molecule has 0 unspecified atom stereocenters. The fraction of sp³-hybridized carbons (Fsp3) is 0.538. The van der Waals surface area contributed by atoms with E-state index in [0.717, 1.165) is 0 Å². The van der Waals surface area contributed by atoms with Crippen molar-refractivity contribution in [2.45, 2.75) is 45.4 Å². The summed E-state index contributed by atoms with van der Waals surface area (Å²) in [7, 11) is 0. The van der Waals surface area contributed by atoms with E-state index < -0.39 is 0 Å². The fourth-order valence-corrected chi connectivity index (χ4v) is 1.53. The van der Waals surface area contributed by atoms with Gasteiger partial charge in [0.2, 0.25) is 0 Å². The number of hydrogen-bond donors (Lipinski definition) is 0. The predicted molar refractivity (Wildman–Crippen MR) is 58.8 cm³/mol.